The Labute approximate surface area is 116 Å². The summed E-state index contributed by atoms with van der Waals surface area (Å²) in [6.45, 7) is 2.03. The molecule has 2 rings (SSSR count). The minimum absolute atomic E-state index is 0.0463. The standard InChI is InChI=1S/C15H13ClFNO/c1-2-10-6-7-11(18-9-10)8-14(19)15-12(16)4-3-5-13(15)17/h3-7,9H,2,8H2,1H3. The van der Waals surface area contributed by atoms with Crippen LogP contribution >= 0.6 is 11.6 Å². The minimum atomic E-state index is -0.595. The van der Waals surface area contributed by atoms with E-state index in [1.165, 1.54) is 18.2 Å². The molecule has 1 aromatic carbocycles. The lowest BCUT2D eigenvalue weighted by Crippen LogP contribution is -2.08. The molecule has 2 nitrogen and oxygen atoms in total. The van der Waals surface area contributed by atoms with Gasteiger partial charge in [-0.05, 0) is 30.2 Å². The lowest BCUT2D eigenvalue weighted by molar-refractivity contribution is 0.0988. The average Bonchev–Trinajstić information content (AvgIpc) is 2.39. The number of hydrogen-bond acceptors (Lipinski definition) is 2. The second kappa shape index (κ2) is 5.93. The molecule has 2 aromatic rings. The van der Waals surface area contributed by atoms with Gasteiger partial charge < -0.3 is 0 Å². The molecule has 1 aromatic heterocycles. The van der Waals surface area contributed by atoms with Gasteiger partial charge in [-0.15, -0.1) is 0 Å². The van der Waals surface area contributed by atoms with Crippen LogP contribution in [0.4, 0.5) is 4.39 Å². The number of pyridine rings is 1. The lowest BCUT2D eigenvalue weighted by atomic mass is 10.1. The van der Waals surface area contributed by atoms with Gasteiger partial charge in [0.1, 0.15) is 5.82 Å². The Morgan fingerprint density at radius 3 is 2.68 bits per heavy atom. The molecule has 0 saturated carbocycles. The summed E-state index contributed by atoms with van der Waals surface area (Å²) in [7, 11) is 0. The SMILES string of the molecule is CCc1ccc(CC(=O)c2c(F)cccc2Cl)nc1. The average molecular weight is 278 g/mol. The van der Waals surface area contributed by atoms with E-state index in [9.17, 15) is 9.18 Å². The molecular weight excluding hydrogens is 265 g/mol. The zero-order valence-corrected chi connectivity index (χ0v) is 11.2. The monoisotopic (exact) mass is 277 g/mol. The Morgan fingerprint density at radius 2 is 2.11 bits per heavy atom. The summed E-state index contributed by atoms with van der Waals surface area (Å²) >= 11 is 5.86. The van der Waals surface area contributed by atoms with Crippen molar-refractivity contribution in [2.24, 2.45) is 0 Å². The molecule has 1 heterocycles. The Hall–Kier alpha value is -1.74. The summed E-state index contributed by atoms with van der Waals surface area (Å²) in [4.78, 5) is 16.2. The number of ketones is 1. The minimum Gasteiger partial charge on any atom is -0.294 e. The van der Waals surface area contributed by atoms with Crippen molar-refractivity contribution in [3.8, 4) is 0 Å². The van der Waals surface area contributed by atoms with Gasteiger partial charge in [-0.1, -0.05) is 30.7 Å². The van der Waals surface area contributed by atoms with Crippen molar-refractivity contribution in [1.82, 2.24) is 4.98 Å². The molecule has 0 bridgehead atoms. The normalized spacial score (nSPS) is 10.5. The van der Waals surface area contributed by atoms with Crippen LogP contribution in [0.3, 0.4) is 0 Å². The van der Waals surface area contributed by atoms with Gasteiger partial charge >= 0.3 is 0 Å². The highest BCUT2D eigenvalue weighted by Crippen LogP contribution is 2.20. The van der Waals surface area contributed by atoms with Gasteiger partial charge in [0.15, 0.2) is 5.78 Å². The first-order valence-corrected chi connectivity index (χ1v) is 6.40. The number of carbonyl (C=O) groups is 1. The van der Waals surface area contributed by atoms with Crippen molar-refractivity contribution < 1.29 is 9.18 Å². The Balaban J connectivity index is 2.21. The maximum atomic E-state index is 13.6. The third-order valence-corrected chi connectivity index (χ3v) is 3.19. The fourth-order valence-corrected chi connectivity index (χ4v) is 2.05. The molecule has 0 aliphatic rings. The highest BCUT2D eigenvalue weighted by molar-refractivity contribution is 6.34. The number of Topliss-reactive ketones (excluding diaryl/α,β-unsaturated/α-hetero) is 1. The largest absolute Gasteiger partial charge is 0.294 e. The first-order valence-electron chi connectivity index (χ1n) is 6.03. The van der Waals surface area contributed by atoms with E-state index in [1.54, 1.807) is 12.3 Å². The second-order valence-electron chi connectivity index (χ2n) is 4.21. The third kappa shape index (κ3) is 3.18. The van der Waals surface area contributed by atoms with Crippen LogP contribution in [0.15, 0.2) is 36.5 Å². The van der Waals surface area contributed by atoms with Gasteiger partial charge in [0.25, 0.3) is 0 Å². The van der Waals surface area contributed by atoms with Gasteiger partial charge in [0.2, 0.25) is 0 Å². The van der Waals surface area contributed by atoms with Crippen LogP contribution in [-0.2, 0) is 12.8 Å². The number of rotatable bonds is 4. The lowest BCUT2D eigenvalue weighted by Gasteiger charge is -2.05. The fourth-order valence-electron chi connectivity index (χ4n) is 1.79. The predicted molar refractivity (Wildman–Crippen MR) is 73.1 cm³/mol. The van der Waals surface area contributed by atoms with E-state index in [0.29, 0.717) is 5.69 Å². The van der Waals surface area contributed by atoms with Gasteiger partial charge in [-0.2, -0.15) is 0 Å². The second-order valence-corrected chi connectivity index (χ2v) is 4.62. The van der Waals surface area contributed by atoms with Crippen LogP contribution in [0, 0.1) is 5.82 Å². The summed E-state index contributed by atoms with van der Waals surface area (Å²) in [5.41, 5.74) is 1.65. The van der Waals surface area contributed by atoms with E-state index >= 15 is 0 Å². The van der Waals surface area contributed by atoms with Crippen LogP contribution in [0.2, 0.25) is 5.02 Å². The van der Waals surface area contributed by atoms with Crippen LogP contribution in [0.5, 0.6) is 0 Å². The molecule has 98 valence electrons. The van der Waals surface area contributed by atoms with Crippen molar-refractivity contribution in [2.45, 2.75) is 19.8 Å². The number of halogens is 2. The molecule has 4 heteroatoms. The summed E-state index contributed by atoms with van der Waals surface area (Å²) in [5, 5.41) is 0.134. The van der Waals surface area contributed by atoms with E-state index in [4.69, 9.17) is 11.6 Å². The van der Waals surface area contributed by atoms with Gasteiger partial charge in [0.05, 0.1) is 17.0 Å². The molecule has 0 atom stereocenters. The van der Waals surface area contributed by atoms with Crippen molar-refractivity contribution in [3.63, 3.8) is 0 Å². The topological polar surface area (TPSA) is 30.0 Å². The Kier molecular flexibility index (Phi) is 4.27. The van der Waals surface area contributed by atoms with Crippen LogP contribution in [0.1, 0.15) is 28.5 Å². The van der Waals surface area contributed by atoms with Crippen molar-refractivity contribution >= 4 is 17.4 Å². The molecule has 0 fully saturated rings. The van der Waals surface area contributed by atoms with Crippen molar-refractivity contribution in [3.05, 3.63) is 64.2 Å². The molecule has 0 amide bonds. The number of nitrogens with zero attached hydrogens (tertiary/aromatic N) is 1. The number of benzene rings is 1. The summed E-state index contributed by atoms with van der Waals surface area (Å²) in [6.07, 6.45) is 2.66. The van der Waals surface area contributed by atoms with Gasteiger partial charge in [-0.25, -0.2) is 4.39 Å². The smallest absolute Gasteiger partial charge is 0.173 e. The van der Waals surface area contributed by atoms with E-state index in [0.717, 1.165) is 12.0 Å². The zero-order chi connectivity index (χ0) is 13.8. The number of hydrogen-bond donors (Lipinski definition) is 0. The van der Waals surface area contributed by atoms with E-state index in [2.05, 4.69) is 4.98 Å². The van der Waals surface area contributed by atoms with Crippen molar-refractivity contribution in [1.29, 1.82) is 0 Å². The molecule has 0 saturated heterocycles. The van der Waals surface area contributed by atoms with Crippen LogP contribution < -0.4 is 0 Å². The van der Waals surface area contributed by atoms with E-state index in [1.807, 2.05) is 13.0 Å². The fraction of sp³-hybridized carbons (Fsp3) is 0.200. The third-order valence-electron chi connectivity index (χ3n) is 2.88. The van der Waals surface area contributed by atoms with Gasteiger partial charge in [-0.3, -0.25) is 9.78 Å². The summed E-state index contributed by atoms with van der Waals surface area (Å²) in [6, 6.07) is 7.91. The first-order chi connectivity index (χ1) is 9.11. The molecule has 0 radical (unpaired) electrons. The maximum absolute atomic E-state index is 13.6. The van der Waals surface area contributed by atoms with Crippen LogP contribution in [-0.4, -0.2) is 10.8 Å². The zero-order valence-electron chi connectivity index (χ0n) is 10.5. The summed E-state index contributed by atoms with van der Waals surface area (Å²) < 4.78 is 13.6. The predicted octanol–water partition coefficient (Wildman–Crippen LogP) is 3.86. The molecule has 0 unspecified atom stereocenters. The quantitative estimate of drug-likeness (QED) is 0.794. The molecule has 0 N–H and O–H groups in total. The van der Waals surface area contributed by atoms with Crippen molar-refractivity contribution in [2.75, 3.05) is 0 Å². The number of aryl methyl sites for hydroxylation is 1. The Morgan fingerprint density at radius 1 is 1.32 bits per heavy atom. The number of carbonyl (C=O) groups excluding carboxylic acids is 1. The summed E-state index contributed by atoms with van der Waals surface area (Å²) in [5.74, 6) is -0.956. The highest BCUT2D eigenvalue weighted by atomic mass is 35.5. The highest BCUT2D eigenvalue weighted by Gasteiger charge is 2.16. The number of aromatic nitrogens is 1. The van der Waals surface area contributed by atoms with E-state index in [-0.39, 0.29) is 22.8 Å². The molecular formula is C15H13ClFNO. The molecule has 0 spiro atoms. The van der Waals surface area contributed by atoms with Crippen LogP contribution in [0.25, 0.3) is 0 Å². The van der Waals surface area contributed by atoms with E-state index < -0.39 is 5.82 Å². The molecule has 19 heavy (non-hydrogen) atoms. The maximum Gasteiger partial charge on any atom is 0.173 e. The molecule has 0 aliphatic heterocycles. The molecule has 0 aliphatic carbocycles. The Bertz CT molecular complexity index is 575. The first kappa shape index (κ1) is 13.7. The van der Waals surface area contributed by atoms with Gasteiger partial charge in [0, 0.05) is 11.9 Å².